The summed E-state index contributed by atoms with van der Waals surface area (Å²) in [6, 6.07) is 5.79. The minimum atomic E-state index is -0.571. The molecule has 2 N–H and O–H groups in total. The van der Waals surface area contributed by atoms with E-state index in [2.05, 4.69) is 26.6 Å². The van der Waals surface area contributed by atoms with Crippen molar-refractivity contribution >= 4 is 33.9 Å². The van der Waals surface area contributed by atoms with Gasteiger partial charge in [-0.1, -0.05) is 12.1 Å². The standard InChI is InChI=1S/C16H17BrN2O5/c1-3-23-15(21)13-9(2)18-16(22)19-12(13)8-24-14(20)10-6-4-5-7-11(10)17/h4-7,9H,3,8H2,1-2H3,(H2,18,19,22). The van der Waals surface area contributed by atoms with Gasteiger partial charge in [0.2, 0.25) is 0 Å². The van der Waals surface area contributed by atoms with Crippen molar-refractivity contribution in [2.24, 2.45) is 0 Å². The third-order valence-electron chi connectivity index (χ3n) is 3.31. The number of halogens is 1. The summed E-state index contributed by atoms with van der Waals surface area (Å²) in [4.78, 5) is 35.9. The molecule has 0 saturated heterocycles. The average molecular weight is 397 g/mol. The molecule has 1 aliphatic rings. The highest BCUT2D eigenvalue weighted by Gasteiger charge is 2.30. The lowest BCUT2D eigenvalue weighted by molar-refractivity contribution is -0.139. The fraction of sp³-hybridized carbons (Fsp3) is 0.312. The number of carbonyl (C=O) groups excluding carboxylic acids is 3. The minimum absolute atomic E-state index is 0.201. The van der Waals surface area contributed by atoms with Crippen LogP contribution in [-0.4, -0.2) is 37.2 Å². The van der Waals surface area contributed by atoms with Crippen LogP contribution in [0.5, 0.6) is 0 Å². The van der Waals surface area contributed by atoms with Crippen molar-refractivity contribution in [3.63, 3.8) is 0 Å². The predicted molar refractivity (Wildman–Crippen MR) is 89.2 cm³/mol. The van der Waals surface area contributed by atoms with Gasteiger partial charge in [0.05, 0.1) is 29.5 Å². The maximum absolute atomic E-state index is 12.2. The van der Waals surface area contributed by atoms with Crippen LogP contribution in [0.25, 0.3) is 0 Å². The molecule has 0 aromatic heterocycles. The quantitative estimate of drug-likeness (QED) is 0.743. The molecular weight excluding hydrogens is 380 g/mol. The summed E-state index contributed by atoms with van der Waals surface area (Å²) in [7, 11) is 0. The van der Waals surface area contributed by atoms with Gasteiger partial charge < -0.3 is 20.1 Å². The number of hydrogen-bond acceptors (Lipinski definition) is 5. The molecule has 0 bridgehead atoms. The first-order valence-electron chi connectivity index (χ1n) is 7.33. The number of ether oxygens (including phenoxy) is 2. The Labute approximate surface area is 147 Å². The van der Waals surface area contributed by atoms with E-state index in [9.17, 15) is 14.4 Å². The Morgan fingerprint density at radius 3 is 2.58 bits per heavy atom. The predicted octanol–water partition coefficient (Wildman–Crippen LogP) is 2.12. The molecule has 0 aliphatic carbocycles. The minimum Gasteiger partial charge on any atom is -0.463 e. The number of urea groups is 1. The van der Waals surface area contributed by atoms with Gasteiger partial charge in [-0.2, -0.15) is 0 Å². The highest BCUT2D eigenvalue weighted by atomic mass is 79.9. The van der Waals surface area contributed by atoms with Crippen LogP contribution in [0.2, 0.25) is 0 Å². The van der Waals surface area contributed by atoms with E-state index in [-0.39, 0.29) is 24.5 Å². The van der Waals surface area contributed by atoms with Crippen molar-refractivity contribution in [2.75, 3.05) is 13.2 Å². The highest BCUT2D eigenvalue weighted by molar-refractivity contribution is 9.10. The molecule has 0 fully saturated rings. The lowest BCUT2D eigenvalue weighted by Crippen LogP contribution is -2.50. The molecule has 1 aromatic carbocycles. The Hall–Kier alpha value is -2.35. The molecule has 1 aromatic rings. The maximum atomic E-state index is 12.2. The van der Waals surface area contributed by atoms with E-state index in [1.54, 1.807) is 38.1 Å². The number of rotatable bonds is 5. The molecule has 128 valence electrons. The molecule has 2 amide bonds. The molecule has 1 unspecified atom stereocenters. The van der Waals surface area contributed by atoms with Gasteiger partial charge in [-0.15, -0.1) is 0 Å². The second kappa shape index (κ2) is 7.96. The zero-order chi connectivity index (χ0) is 17.7. The molecule has 1 atom stereocenters. The molecule has 7 nitrogen and oxygen atoms in total. The van der Waals surface area contributed by atoms with Gasteiger partial charge in [-0.3, -0.25) is 0 Å². The van der Waals surface area contributed by atoms with Gasteiger partial charge in [-0.25, -0.2) is 14.4 Å². The zero-order valence-corrected chi connectivity index (χ0v) is 14.8. The molecule has 8 heteroatoms. The third-order valence-corrected chi connectivity index (χ3v) is 4.00. The number of esters is 2. The largest absolute Gasteiger partial charge is 0.463 e. The van der Waals surface area contributed by atoms with Crippen LogP contribution in [0.15, 0.2) is 40.0 Å². The second-order valence-electron chi connectivity index (χ2n) is 4.99. The summed E-state index contributed by atoms with van der Waals surface area (Å²) in [5.41, 5.74) is 0.797. The Balaban J connectivity index is 2.19. The van der Waals surface area contributed by atoms with Crippen molar-refractivity contribution in [3.05, 3.63) is 45.6 Å². The Bertz CT molecular complexity index is 701. The van der Waals surface area contributed by atoms with E-state index < -0.39 is 24.0 Å². The van der Waals surface area contributed by atoms with Crippen molar-refractivity contribution in [1.29, 1.82) is 0 Å². The summed E-state index contributed by atoms with van der Waals surface area (Å²) >= 11 is 3.27. The van der Waals surface area contributed by atoms with Gasteiger partial charge >= 0.3 is 18.0 Å². The molecule has 24 heavy (non-hydrogen) atoms. The molecule has 1 aliphatic heterocycles. The number of amides is 2. The summed E-state index contributed by atoms with van der Waals surface area (Å²) in [5.74, 6) is -1.14. The van der Waals surface area contributed by atoms with E-state index >= 15 is 0 Å². The van der Waals surface area contributed by atoms with Crippen molar-refractivity contribution < 1.29 is 23.9 Å². The smallest absolute Gasteiger partial charge is 0.339 e. The highest BCUT2D eigenvalue weighted by Crippen LogP contribution is 2.18. The summed E-state index contributed by atoms with van der Waals surface area (Å²) in [6.07, 6.45) is 0. The lowest BCUT2D eigenvalue weighted by atomic mass is 10.0. The van der Waals surface area contributed by atoms with Gasteiger partial charge in [0.25, 0.3) is 0 Å². The Morgan fingerprint density at radius 2 is 1.92 bits per heavy atom. The van der Waals surface area contributed by atoms with Gasteiger partial charge in [0.1, 0.15) is 6.61 Å². The maximum Gasteiger partial charge on any atom is 0.339 e. The van der Waals surface area contributed by atoms with Crippen LogP contribution in [0, 0.1) is 0 Å². The molecule has 1 heterocycles. The van der Waals surface area contributed by atoms with Crippen molar-refractivity contribution in [1.82, 2.24) is 10.6 Å². The van der Waals surface area contributed by atoms with E-state index in [1.165, 1.54) is 0 Å². The topological polar surface area (TPSA) is 93.7 Å². The second-order valence-corrected chi connectivity index (χ2v) is 5.84. The van der Waals surface area contributed by atoms with Crippen LogP contribution in [-0.2, 0) is 14.3 Å². The van der Waals surface area contributed by atoms with Crippen LogP contribution in [0.3, 0.4) is 0 Å². The van der Waals surface area contributed by atoms with E-state index in [1.807, 2.05) is 0 Å². The number of nitrogens with one attached hydrogen (secondary N) is 2. The van der Waals surface area contributed by atoms with Crippen LogP contribution >= 0.6 is 15.9 Å². The van der Waals surface area contributed by atoms with Crippen LogP contribution < -0.4 is 10.6 Å². The molecule has 0 saturated carbocycles. The summed E-state index contributed by atoms with van der Waals surface area (Å²) in [5, 5.41) is 5.07. The first-order chi connectivity index (χ1) is 11.4. The molecule has 0 radical (unpaired) electrons. The van der Waals surface area contributed by atoms with Gasteiger partial charge in [-0.05, 0) is 41.9 Å². The molecule has 2 rings (SSSR count). The lowest BCUT2D eigenvalue weighted by Gasteiger charge is -2.26. The number of carbonyl (C=O) groups is 3. The fourth-order valence-electron chi connectivity index (χ4n) is 2.24. The van der Waals surface area contributed by atoms with Gasteiger partial charge in [0.15, 0.2) is 0 Å². The zero-order valence-electron chi connectivity index (χ0n) is 13.2. The third kappa shape index (κ3) is 4.14. The average Bonchev–Trinajstić information content (AvgIpc) is 2.52. The molecule has 0 spiro atoms. The van der Waals surface area contributed by atoms with Crippen molar-refractivity contribution in [2.45, 2.75) is 19.9 Å². The van der Waals surface area contributed by atoms with E-state index in [0.717, 1.165) is 0 Å². The van der Waals surface area contributed by atoms with Gasteiger partial charge in [0, 0.05) is 4.47 Å². The number of hydrogen-bond donors (Lipinski definition) is 2. The van der Waals surface area contributed by atoms with Crippen LogP contribution in [0.1, 0.15) is 24.2 Å². The van der Waals surface area contributed by atoms with E-state index in [4.69, 9.17) is 9.47 Å². The SMILES string of the molecule is CCOC(=O)C1=C(COC(=O)c2ccccc2Br)NC(=O)NC1C. The Morgan fingerprint density at radius 1 is 1.21 bits per heavy atom. The van der Waals surface area contributed by atoms with Crippen molar-refractivity contribution in [3.8, 4) is 0 Å². The number of benzene rings is 1. The normalized spacial score (nSPS) is 17.0. The monoisotopic (exact) mass is 396 g/mol. The fourth-order valence-corrected chi connectivity index (χ4v) is 2.68. The summed E-state index contributed by atoms with van der Waals surface area (Å²) in [6.45, 7) is 3.30. The van der Waals surface area contributed by atoms with E-state index in [0.29, 0.717) is 10.0 Å². The summed E-state index contributed by atoms with van der Waals surface area (Å²) < 4.78 is 10.8. The molecular formula is C16H17BrN2O5. The first-order valence-corrected chi connectivity index (χ1v) is 8.12. The Kier molecular flexibility index (Phi) is 5.97. The first kappa shape index (κ1) is 18.0. The van der Waals surface area contributed by atoms with Crippen LogP contribution in [0.4, 0.5) is 4.79 Å².